The Morgan fingerprint density at radius 2 is 2.13 bits per heavy atom. The number of hydrogen-bond donors (Lipinski definition) is 0. The summed E-state index contributed by atoms with van der Waals surface area (Å²) in [6.45, 7) is 5.32. The van der Waals surface area contributed by atoms with Crippen LogP contribution in [0.4, 0.5) is 5.95 Å². The predicted octanol–water partition coefficient (Wildman–Crippen LogP) is 1.97. The molecule has 5 nitrogen and oxygen atoms in total. The van der Waals surface area contributed by atoms with Crippen molar-refractivity contribution in [2.75, 3.05) is 38.6 Å². The zero-order valence-corrected chi connectivity index (χ0v) is 14.5. The Labute approximate surface area is 139 Å². The lowest BCUT2D eigenvalue weighted by molar-refractivity contribution is 0.0136. The Bertz CT molecular complexity index is 561. The van der Waals surface area contributed by atoms with Crippen molar-refractivity contribution >= 4 is 5.95 Å². The summed E-state index contributed by atoms with van der Waals surface area (Å²) in [4.78, 5) is 13.9. The second-order valence-electron chi connectivity index (χ2n) is 7.81. The van der Waals surface area contributed by atoms with Gasteiger partial charge in [-0.05, 0) is 38.9 Å². The van der Waals surface area contributed by atoms with E-state index in [1.54, 1.807) is 0 Å². The molecule has 0 amide bonds. The summed E-state index contributed by atoms with van der Waals surface area (Å²) in [5.41, 5.74) is 1.30. The maximum absolute atomic E-state index is 6.49. The standard InChI is InChI=1S/C18H28N4O/c1-4-5-13-8-19-17(20-9-13)22-11-15-14(10-21(2)3)16-6-7-18(15,12-22)23-16/h8-9,14-16H,4-7,10-12H2,1-3H3/t14-,15+,16+,18+/m0/s1. The third-order valence-corrected chi connectivity index (χ3v) is 5.87. The molecule has 4 atom stereocenters. The summed E-state index contributed by atoms with van der Waals surface area (Å²) < 4.78 is 6.49. The lowest BCUT2D eigenvalue weighted by Crippen LogP contribution is -2.40. The highest BCUT2D eigenvalue weighted by molar-refractivity contribution is 5.36. The number of anilines is 1. The summed E-state index contributed by atoms with van der Waals surface area (Å²) in [6.07, 6.45) is 9.08. The van der Waals surface area contributed by atoms with Crippen LogP contribution in [0, 0.1) is 11.8 Å². The van der Waals surface area contributed by atoms with Gasteiger partial charge in [0, 0.05) is 37.3 Å². The summed E-state index contributed by atoms with van der Waals surface area (Å²) in [7, 11) is 4.34. The third kappa shape index (κ3) is 2.54. The van der Waals surface area contributed by atoms with Crippen LogP contribution in [0.15, 0.2) is 12.4 Å². The Hall–Kier alpha value is -1.20. The minimum atomic E-state index is 0.0663. The molecule has 23 heavy (non-hydrogen) atoms. The van der Waals surface area contributed by atoms with E-state index in [0.717, 1.165) is 38.4 Å². The van der Waals surface area contributed by atoms with E-state index in [1.165, 1.54) is 18.4 Å². The van der Waals surface area contributed by atoms with Crippen LogP contribution >= 0.6 is 0 Å². The van der Waals surface area contributed by atoms with Gasteiger partial charge in [0.25, 0.3) is 0 Å². The maximum Gasteiger partial charge on any atom is 0.225 e. The maximum atomic E-state index is 6.49. The summed E-state index contributed by atoms with van der Waals surface area (Å²) in [6, 6.07) is 0. The molecule has 0 aliphatic carbocycles. The van der Waals surface area contributed by atoms with Crippen molar-refractivity contribution < 1.29 is 4.74 Å². The van der Waals surface area contributed by atoms with Crippen LogP contribution in [-0.4, -0.2) is 60.3 Å². The zero-order chi connectivity index (χ0) is 16.0. The number of fused-ring (bicyclic) bond motifs is 1. The molecule has 3 fully saturated rings. The normalized spacial score (nSPS) is 35.3. The smallest absolute Gasteiger partial charge is 0.225 e. The highest BCUT2D eigenvalue weighted by Crippen LogP contribution is 2.55. The highest BCUT2D eigenvalue weighted by atomic mass is 16.5. The van der Waals surface area contributed by atoms with Crippen LogP contribution in [0.5, 0.6) is 0 Å². The van der Waals surface area contributed by atoms with Crippen molar-refractivity contribution in [2.45, 2.75) is 44.3 Å². The lowest BCUT2D eigenvalue weighted by atomic mass is 9.73. The number of aryl methyl sites for hydroxylation is 1. The minimum Gasteiger partial charge on any atom is -0.369 e. The van der Waals surface area contributed by atoms with Crippen molar-refractivity contribution in [3.63, 3.8) is 0 Å². The Morgan fingerprint density at radius 3 is 2.83 bits per heavy atom. The van der Waals surface area contributed by atoms with Crippen molar-refractivity contribution in [1.82, 2.24) is 14.9 Å². The van der Waals surface area contributed by atoms with Gasteiger partial charge < -0.3 is 14.5 Å². The highest BCUT2D eigenvalue weighted by Gasteiger charge is 2.63. The van der Waals surface area contributed by atoms with E-state index >= 15 is 0 Å². The topological polar surface area (TPSA) is 41.5 Å². The average molecular weight is 316 g/mol. The molecule has 0 N–H and O–H groups in total. The van der Waals surface area contributed by atoms with Crippen LogP contribution in [-0.2, 0) is 11.2 Å². The first-order chi connectivity index (χ1) is 11.1. The Kier molecular flexibility index (Phi) is 3.81. The van der Waals surface area contributed by atoms with E-state index in [4.69, 9.17) is 4.74 Å². The van der Waals surface area contributed by atoms with E-state index in [-0.39, 0.29) is 5.60 Å². The van der Waals surface area contributed by atoms with Gasteiger partial charge in [0.2, 0.25) is 5.95 Å². The molecular formula is C18H28N4O. The molecule has 2 bridgehead atoms. The molecule has 3 saturated heterocycles. The molecule has 1 spiro atoms. The first-order valence-electron chi connectivity index (χ1n) is 9.00. The molecule has 0 saturated carbocycles. The predicted molar refractivity (Wildman–Crippen MR) is 90.6 cm³/mol. The number of hydrogen-bond acceptors (Lipinski definition) is 5. The Morgan fingerprint density at radius 1 is 1.35 bits per heavy atom. The molecule has 1 aromatic rings. The summed E-state index contributed by atoms with van der Waals surface area (Å²) >= 11 is 0. The fourth-order valence-corrected chi connectivity index (χ4v) is 4.94. The molecule has 0 unspecified atom stereocenters. The molecule has 3 aliphatic rings. The monoisotopic (exact) mass is 316 g/mol. The van der Waals surface area contributed by atoms with Gasteiger partial charge in [-0.3, -0.25) is 0 Å². The number of ether oxygens (including phenoxy) is 1. The molecule has 3 aliphatic heterocycles. The molecule has 4 heterocycles. The van der Waals surface area contributed by atoms with Crippen molar-refractivity contribution in [2.24, 2.45) is 11.8 Å². The lowest BCUT2D eigenvalue weighted by Gasteiger charge is -2.30. The van der Waals surface area contributed by atoms with Crippen molar-refractivity contribution in [1.29, 1.82) is 0 Å². The molecule has 0 aromatic carbocycles. The second kappa shape index (κ2) is 5.71. The van der Waals surface area contributed by atoms with Gasteiger partial charge in [0.05, 0.1) is 18.2 Å². The van der Waals surface area contributed by atoms with E-state index in [2.05, 4.69) is 40.8 Å². The fraction of sp³-hybridized carbons (Fsp3) is 0.778. The Balaban J connectivity index is 1.51. The van der Waals surface area contributed by atoms with Crippen LogP contribution in [0.25, 0.3) is 0 Å². The molecule has 5 heteroatoms. The van der Waals surface area contributed by atoms with Gasteiger partial charge in [-0.25, -0.2) is 9.97 Å². The quantitative estimate of drug-likeness (QED) is 0.831. The second-order valence-corrected chi connectivity index (χ2v) is 7.81. The third-order valence-electron chi connectivity index (χ3n) is 5.87. The van der Waals surface area contributed by atoms with Crippen LogP contribution in [0.1, 0.15) is 31.7 Å². The molecule has 126 valence electrons. The summed E-state index contributed by atoms with van der Waals surface area (Å²) in [5.74, 6) is 2.16. The van der Waals surface area contributed by atoms with Crippen LogP contribution in [0.3, 0.4) is 0 Å². The first kappa shape index (κ1) is 15.3. The SMILES string of the molecule is CCCc1cnc(N2C[C@@H]3[C@H](CN(C)C)[C@H]4CC[C@]3(C2)O4)nc1. The van der Waals surface area contributed by atoms with Gasteiger partial charge in [0.15, 0.2) is 0 Å². The largest absolute Gasteiger partial charge is 0.369 e. The van der Waals surface area contributed by atoms with E-state index in [1.807, 2.05) is 12.4 Å². The van der Waals surface area contributed by atoms with Gasteiger partial charge in [-0.2, -0.15) is 0 Å². The number of nitrogens with zero attached hydrogens (tertiary/aromatic N) is 4. The van der Waals surface area contributed by atoms with Crippen molar-refractivity contribution in [3.05, 3.63) is 18.0 Å². The molecule has 4 rings (SSSR count). The fourth-order valence-electron chi connectivity index (χ4n) is 4.94. The van der Waals surface area contributed by atoms with Gasteiger partial charge in [-0.15, -0.1) is 0 Å². The van der Waals surface area contributed by atoms with Crippen LogP contribution < -0.4 is 4.90 Å². The van der Waals surface area contributed by atoms with E-state index in [0.29, 0.717) is 17.9 Å². The van der Waals surface area contributed by atoms with Gasteiger partial charge >= 0.3 is 0 Å². The molecular weight excluding hydrogens is 288 g/mol. The van der Waals surface area contributed by atoms with E-state index < -0.39 is 0 Å². The van der Waals surface area contributed by atoms with Gasteiger partial charge in [-0.1, -0.05) is 13.3 Å². The van der Waals surface area contributed by atoms with E-state index in [9.17, 15) is 0 Å². The van der Waals surface area contributed by atoms with Crippen LogP contribution in [0.2, 0.25) is 0 Å². The minimum absolute atomic E-state index is 0.0663. The molecule has 1 aromatic heterocycles. The van der Waals surface area contributed by atoms with Gasteiger partial charge in [0.1, 0.15) is 0 Å². The molecule has 0 radical (unpaired) electrons. The average Bonchev–Trinajstić information content (AvgIpc) is 3.18. The number of aromatic nitrogens is 2. The van der Waals surface area contributed by atoms with Crippen molar-refractivity contribution in [3.8, 4) is 0 Å². The summed E-state index contributed by atoms with van der Waals surface area (Å²) in [5, 5.41) is 0. The zero-order valence-electron chi connectivity index (χ0n) is 14.5. The first-order valence-corrected chi connectivity index (χ1v) is 9.00. The number of rotatable bonds is 5.